The molecule has 0 unspecified atom stereocenters. The van der Waals surface area contributed by atoms with E-state index in [0.717, 1.165) is 7.11 Å². The first-order valence-electron chi connectivity index (χ1n) is 6.87. The Balaban J connectivity index is 0.00000364. The zero-order chi connectivity index (χ0) is 19.3. The largest absolute Gasteiger partial charge is 1.00 e. The molecule has 27 heavy (non-hydrogen) atoms. The molecule has 0 aliphatic rings. The van der Waals surface area contributed by atoms with Crippen molar-refractivity contribution in [3.05, 3.63) is 51.5 Å². The van der Waals surface area contributed by atoms with Crippen LogP contribution in [0.1, 0.15) is 16.1 Å². The SMILES string of the molecule is COC(=O)c1ccccc1OS(=O)(=O)[N-]C(=O)Nc1nc(C)cc(Cl)n1.[Na+]. The molecule has 0 saturated heterocycles. The van der Waals surface area contributed by atoms with Crippen LogP contribution in [-0.4, -0.2) is 37.5 Å². The second-order valence-electron chi connectivity index (χ2n) is 4.68. The van der Waals surface area contributed by atoms with E-state index in [9.17, 15) is 18.0 Å². The summed E-state index contributed by atoms with van der Waals surface area (Å²) in [6.07, 6.45) is 0. The number of amides is 2. The number of esters is 1. The van der Waals surface area contributed by atoms with E-state index in [2.05, 4.69) is 28.9 Å². The van der Waals surface area contributed by atoms with Crippen LogP contribution >= 0.6 is 11.6 Å². The molecule has 1 aromatic carbocycles. The van der Waals surface area contributed by atoms with Crippen molar-refractivity contribution in [2.75, 3.05) is 12.4 Å². The molecule has 0 aliphatic carbocycles. The molecule has 1 N–H and O–H groups in total. The molecule has 0 fully saturated rings. The molecular formula is C14H12ClN4NaO6S. The number of hydrogen-bond donors (Lipinski definition) is 1. The van der Waals surface area contributed by atoms with Crippen molar-refractivity contribution in [3.8, 4) is 5.75 Å². The van der Waals surface area contributed by atoms with Crippen LogP contribution in [-0.2, 0) is 15.0 Å². The Hall–Kier alpha value is -1.92. The van der Waals surface area contributed by atoms with Crippen LogP contribution in [0.15, 0.2) is 30.3 Å². The van der Waals surface area contributed by atoms with Crippen LogP contribution in [0.3, 0.4) is 0 Å². The predicted octanol–water partition coefficient (Wildman–Crippen LogP) is -0.542. The van der Waals surface area contributed by atoms with Crippen LogP contribution in [0.25, 0.3) is 4.72 Å². The summed E-state index contributed by atoms with van der Waals surface area (Å²) in [6, 6.07) is 5.55. The Morgan fingerprint density at radius 3 is 2.52 bits per heavy atom. The smallest absolute Gasteiger partial charge is 0.465 e. The van der Waals surface area contributed by atoms with Crippen molar-refractivity contribution in [2.45, 2.75) is 6.92 Å². The minimum atomic E-state index is -4.72. The van der Waals surface area contributed by atoms with Gasteiger partial charge in [-0.3, -0.25) is 9.52 Å². The van der Waals surface area contributed by atoms with E-state index in [-0.39, 0.29) is 52.0 Å². The predicted molar refractivity (Wildman–Crippen MR) is 91.5 cm³/mol. The minimum absolute atomic E-state index is 0. The van der Waals surface area contributed by atoms with Gasteiger partial charge in [-0.15, -0.1) is 0 Å². The third-order valence-corrected chi connectivity index (χ3v) is 3.70. The summed E-state index contributed by atoms with van der Waals surface area (Å²) in [5.41, 5.74) is 0.300. The van der Waals surface area contributed by atoms with Gasteiger partial charge < -0.3 is 14.2 Å². The summed E-state index contributed by atoms with van der Waals surface area (Å²) in [4.78, 5) is 30.9. The Morgan fingerprint density at radius 2 is 1.89 bits per heavy atom. The molecule has 0 spiro atoms. The molecular weight excluding hydrogens is 411 g/mol. The number of methoxy groups -OCH3 is 1. The van der Waals surface area contributed by atoms with Gasteiger partial charge in [-0.1, -0.05) is 23.7 Å². The average Bonchev–Trinajstić information content (AvgIpc) is 2.52. The normalized spacial score (nSPS) is 10.3. The van der Waals surface area contributed by atoms with Crippen LogP contribution in [0.5, 0.6) is 5.75 Å². The summed E-state index contributed by atoms with van der Waals surface area (Å²) < 4.78 is 36.0. The first kappa shape index (κ1) is 23.1. The van der Waals surface area contributed by atoms with Crippen LogP contribution in [0.2, 0.25) is 5.15 Å². The van der Waals surface area contributed by atoms with E-state index in [1.165, 1.54) is 30.3 Å². The summed E-state index contributed by atoms with van der Waals surface area (Å²) in [7, 11) is -3.60. The second kappa shape index (κ2) is 9.85. The number of para-hydroxylation sites is 1. The molecule has 0 bridgehead atoms. The average molecular weight is 423 g/mol. The number of urea groups is 1. The molecule has 0 saturated carbocycles. The number of nitrogens with one attached hydrogen (secondary N) is 1. The van der Waals surface area contributed by atoms with Gasteiger partial charge >= 0.3 is 45.8 Å². The van der Waals surface area contributed by atoms with E-state index in [4.69, 9.17) is 11.6 Å². The molecule has 138 valence electrons. The maximum Gasteiger partial charge on any atom is 1.00 e. The summed E-state index contributed by atoms with van der Waals surface area (Å²) in [5.74, 6) is -1.39. The molecule has 0 atom stereocenters. The van der Waals surface area contributed by atoms with Gasteiger partial charge in [-0.25, -0.2) is 14.8 Å². The number of carbonyl (C=O) groups is 2. The van der Waals surface area contributed by atoms with Crippen molar-refractivity contribution >= 4 is 39.9 Å². The first-order chi connectivity index (χ1) is 12.2. The zero-order valence-corrected chi connectivity index (χ0v) is 18.0. The Morgan fingerprint density at radius 1 is 1.22 bits per heavy atom. The number of nitrogens with zero attached hydrogens (tertiary/aromatic N) is 3. The number of anilines is 1. The monoisotopic (exact) mass is 422 g/mol. The zero-order valence-electron chi connectivity index (χ0n) is 14.5. The summed E-state index contributed by atoms with van der Waals surface area (Å²) >= 11 is 5.72. The fourth-order valence-electron chi connectivity index (χ4n) is 1.76. The van der Waals surface area contributed by atoms with Gasteiger partial charge in [0.05, 0.1) is 7.11 Å². The molecule has 2 aromatic rings. The summed E-state index contributed by atoms with van der Waals surface area (Å²) in [6.45, 7) is 1.60. The minimum Gasteiger partial charge on any atom is -0.465 e. The maximum absolute atomic E-state index is 11.9. The van der Waals surface area contributed by atoms with Crippen LogP contribution in [0, 0.1) is 6.92 Å². The van der Waals surface area contributed by atoms with Gasteiger partial charge in [-0.2, -0.15) is 8.42 Å². The number of carbonyl (C=O) groups excluding carboxylic acids is 2. The maximum atomic E-state index is 11.9. The quantitative estimate of drug-likeness (QED) is 0.385. The van der Waals surface area contributed by atoms with Crippen molar-refractivity contribution in [3.63, 3.8) is 0 Å². The van der Waals surface area contributed by atoms with E-state index >= 15 is 0 Å². The molecule has 0 aliphatic heterocycles. The number of rotatable bonds is 5. The van der Waals surface area contributed by atoms with Crippen molar-refractivity contribution in [2.24, 2.45) is 0 Å². The molecule has 0 radical (unpaired) electrons. The van der Waals surface area contributed by atoms with Gasteiger partial charge in [0.1, 0.15) is 16.7 Å². The molecule has 1 aromatic heterocycles. The second-order valence-corrected chi connectivity index (χ2v) is 6.27. The van der Waals surface area contributed by atoms with Gasteiger partial charge in [0, 0.05) is 5.69 Å². The molecule has 10 nitrogen and oxygen atoms in total. The third-order valence-electron chi connectivity index (χ3n) is 2.72. The number of aryl methyl sites for hydroxylation is 1. The van der Waals surface area contributed by atoms with Crippen molar-refractivity contribution in [1.29, 1.82) is 0 Å². The van der Waals surface area contributed by atoms with Crippen molar-refractivity contribution in [1.82, 2.24) is 9.97 Å². The van der Waals surface area contributed by atoms with E-state index in [1.807, 2.05) is 0 Å². The Labute approximate surface area is 182 Å². The molecule has 2 amide bonds. The van der Waals surface area contributed by atoms with Gasteiger partial charge in [-0.05, 0) is 25.1 Å². The Bertz CT molecular complexity index is 936. The van der Waals surface area contributed by atoms with Crippen LogP contribution < -0.4 is 39.1 Å². The van der Waals surface area contributed by atoms with Gasteiger partial charge in [0.25, 0.3) is 0 Å². The fourth-order valence-corrected chi connectivity index (χ4v) is 2.65. The molecule has 13 heteroatoms. The Kier molecular flexibility index (Phi) is 8.44. The van der Waals surface area contributed by atoms with Gasteiger partial charge in [0.2, 0.25) is 0 Å². The number of aromatic nitrogens is 2. The van der Waals surface area contributed by atoms with E-state index in [1.54, 1.807) is 6.92 Å². The van der Waals surface area contributed by atoms with E-state index < -0.39 is 22.3 Å². The van der Waals surface area contributed by atoms with Crippen LogP contribution in [0.4, 0.5) is 10.7 Å². The number of halogens is 1. The first-order valence-corrected chi connectivity index (χ1v) is 8.61. The molecule has 1 heterocycles. The number of benzene rings is 1. The standard InChI is InChI=1S/C14H13ClN4O6S.Na/c1-8-7-11(15)17-13(16-8)18-14(21)19-26(22,23)25-10-6-4-3-5-9(10)12(20)24-2;/h3-7H,1-2H3,(H2,16,17,18,19,21);/q;+1/p-1. The number of hydrogen-bond acceptors (Lipinski definition) is 8. The summed E-state index contributed by atoms with van der Waals surface area (Å²) in [5, 5.41) is 2.11. The fraction of sp³-hybridized carbons (Fsp3) is 0.143. The van der Waals surface area contributed by atoms with Crippen molar-refractivity contribution < 1.29 is 56.5 Å². The topological polar surface area (TPSA) is 139 Å². The molecule has 2 rings (SSSR count). The van der Waals surface area contributed by atoms with E-state index in [0.29, 0.717) is 5.69 Å². The third kappa shape index (κ3) is 6.96. The number of ether oxygens (including phenoxy) is 1. The van der Waals surface area contributed by atoms with Gasteiger partial charge in [0.15, 0.2) is 11.8 Å².